The summed E-state index contributed by atoms with van der Waals surface area (Å²) < 4.78 is 0. The molecule has 0 heterocycles. The number of benzene rings is 1. The molecule has 21 heavy (non-hydrogen) atoms. The van der Waals surface area contributed by atoms with Crippen molar-refractivity contribution in [3.8, 4) is 0 Å². The van der Waals surface area contributed by atoms with Crippen LogP contribution in [-0.4, -0.2) is 13.3 Å². The Labute approximate surface area is 135 Å². The fourth-order valence-electron chi connectivity index (χ4n) is 3.05. The van der Waals surface area contributed by atoms with E-state index in [-0.39, 0.29) is 0 Å². The maximum absolute atomic E-state index is 2.73. The van der Waals surface area contributed by atoms with Gasteiger partial charge in [0, 0.05) is 0 Å². The number of unbranched alkanes of at least 4 members (excludes halogenated alkanes) is 3. The van der Waals surface area contributed by atoms with Crippen LogP contribution < -0.4 is 0 Å². The van der Waals surface area contributed by atoms with Crippen molar-refractivity contribution in [2.75, 3.05) is 0 Å². The summed E-state index contributed by atoms with van der Waals surface area (Å²) >= 11 is -1.80. The third-order valence-corrected chi connectivity index (χ3v) is 14.8. The van der Waals surface area contributed by atoms with Crippen molar-refractivity contribution in [3.05, 3.63) is 40.8 Å². The average Bonchev–Trinajstić information content (AvgIpc) is 2.54. The maximum atomic E-state index is 2.73. The van der Waals surface area contributed by atoms with E-state index in [0.29, 0.717) is 0 Å². The monoisotopic (exact) mass is 348 g/mol. The third kappa shape index (κ3) is 7.35. The predicted octanol–water partition coefficient (Wildman–Crippen LogP) is 7.09. The fourth-order valence-corrected chi connectivity index (χ4v) is 13.5. The molecule has 1 aromatic rings. The Kier molecular flexibility index (Phi) is 9.82. The first kappa shape index (κ1) is 18.6. The molecule has 0 atom stereocenters. The van der Waals surface area contributed by atoms with E-state index < -0.39 is 13.3 Å². The molecule has 0 aliphatic rings. The second-order valence-corrected chi connectivity index (χ2v) is 16.0. The molecule has 1 aromatic carbocycles. The molecule has 0 radical (unpaired) electrons. The van der Waals surface area contributed by atoms with Crippen LogP contribution in [-0.2, 0) is 0 Å². The molecule has 0 nitrogen and oxygen atoms in total. The Morgan fingerprint density at radius 2 is 1.24 bits per heavy atom. The molecule has 0 spiro atoms. The van der Waals surface area contributed by atoms with Crippen LogP contribution in [0.2, 0.25) is 15.8 Å². The zero-order valence-corrected chi connectivity index (χ0v) is 16.5. The van der Waals surface area contributed by atoms with Gasteiger partial charge in [-0.15, -0.1) is 0 Å². The summed E-state index contributed by atoms with van der Waals surface area (Å²) in [7, 11) is 0. The first-order valence-corrected chi connectivity index (χ1v) is 14.7. The first-order valence-electron chi connectivity index (χ1n) is 9.00. The Morgan fingerprint density at radius 1 is 0.762 bits per heavy atom. The van der Waals surface area contributed by atoms with Crippen molar-refractivity contribution >= 4 is 19.3 Å². The minimum absolute atomic E-state index is 1.35. The van der Waals surface area contributed by atoms with Gasteiger partial charge in [-0.25, -0.2) is 0 Å². The van der Waals surface area contributed by atoms with Gasteiger partial charge in [-0.3, -0.25) is 0 Å². The summed E-state index contributed by atoms with van der Waals surface area (Å²) in [6, 6.07) is 10.9. The van der Waals surface area contributed by atoms with E-state index in [1.54, 1.807) is 15.8 Å². The van der Waals surface area contributed by atoms with Crippen molar-refractivity contribution in [3.63, 3.8) is 0 Å². The molecular weight excluding hydrogens is 313 g/mol. The minimum atomic E-state index is -1.80. The Morgan fingerprint density at radius 3 is 1.67 bits per heavy atom. The normalized spacial score (nSPS) is 12.1. The quantitative estimate of drug-likeness (QED) is 0.375. The second-order valence-electron chi connectivity index (χ2n) is 6.42. The van der Waals surface area contributed by atoms with Gasteiger partial charge in [-0.2, -0.15) is 0 Å². The topological polar surface area (TPSA) is 0 Å². The Hall–Kier alpha value is -0.497. The summed E-state index contributed by atoms with van der Waals surface area (Å²) in [5.74, 6) is 0. The molecule has 0 aromatic heterocycles. The van der Waals surface area contributed by atoms with Gasteiger partial charge in [0.1, 0.15) is 0 Å². The molecule has 1 rings (SSSR count). The molecule has 118 valence electrons. The average molecular weight is 347 g/mol. The summed E-state index contributed by atoms with van der Waals surface area (Å²) in [6.45, 7) is 7.02. The van der Waals surface area contributed by atoms with Gasteiger partial charge < -0.3 is 0 Å². The Bertz CT molecular complexity index is 358. The van der Waals surface area contributed by atoms with E-state index in [9.17, 15) is 0 Å². The summed E-state index contributed by atoms with van der Waals surface area (Å²) in [6.07, 6.45) is 10.8. The molecule has 0 N–H and O–H groups in total. The molecule has 0 unspecified atom stereocenters. The molecule has 0 aliphatic heterocycles. The van der Waals surface area contributed by atoms with Crippen LogP contribution in [0.3, 0.4) is 0 Å². The summed E-state index contributed by atoms with van der Waals surface area (Å²) in [4.78, 5) is 2.73. The molecule has 0 saturated carbocycles. The van der Waals surface area contributed by atoms with Crippen molar-refractivity contribution in [1.29, 1.82) is 0 Å². The first-order chi connectivity index (χ1) is 10.3. The van der Waals surface area contributed by atoms with E-state index in [0.717, 1.165) is 0 Å². The van der Waals surface area contributed by atoms with Gasteiger partial charge in [0.2, 0.25) is 0 Å². The van der Waals surface area contributed by atoms with Crippen molar-refractivity contribution in [2.24, 2.45) is 0 Å². The van der Waals surface area contributed by atoms with E-state index in [2.05, 4.69) is 62.1 Å². The molecular formula is C20H34Ge. The standard InChI is InChI=1S/C20H34Ge/c1-4-7-16-21(17-8-5-2,18-9-6-3)19-15-20-13-11-10-12-14-20/h10-15,19H,4-9,16-18H2,1-3H3/b19-15-. The van der Waals surface area contributed by atoms with Gasteiger partial charge in [0.05, 0.1) is 0 Å². The zero-order valence-electron chi connectivity index (χ0n) is 14.4. The molecule has 0 saturated heterocycles. The molecule has 0 aliphatic carbocycles. The van der Waals surface area contributed by atoms with Crippen molar-refractivity contribution in [1.82, 2.24) is 0 Å². The molecule has 0 fully saturated rings. The predicted molar refractivity (Wildman–Crippen MR) is 100 cm³/mol. The molecule has 1 heteroatoms. The number of rotatable bonds is 11. The van der Waals surface area contributed by atoms with Gasteiger partial charge >= 0.3 is 135 Å². The molecule has 0 amide bonds. The van der Waals surface area contributed by atoms with Crippen molar-refractivity contribution in [2.45, 2.75) is 75.1 Å². The van der Waals surface area contributed by atoms with E-state index in [1.807, 2.05) is 0 Å². The van der Waals surface area contributed by atoms with E-state index in [1.165, 1.54) is 44.1 Å². The van der Waals surface area contributed by atoms with Gasteiger partial charge in [-0.05, 0) is 0 Å². The van der Waals surface area contributed by atoms with E-state index >= 15 is 0 Å². The number of hydrogen-bond donors (Lipinski definition) is 0. The van der Waals surface area contributed by atoms with Gasteiger partial charge in [0.15, 0.2) is 0 Å². The summed E-state index contributed by atoms with van der Waals surface area (Å²) in [5, 5.41) is 4.62. The van der Waals surface area contributed by atoms with Crippen LogP contribution in [0.25, 0.3) is 6.08 Å². The van der Waals surface area contributed by atoms with Crippen LogP contribution in [0, 0.1) is 0 Å². The summed E-state index contributed by atoms with van der Waals surface area (Å²) in [5.41, 5.74) is 1.39. The third-order valence-electron chi connectivity index (χ3n) is 4.51. The zero-order chi connectivity index (χ0) is 15.4. The van der Waals surface area contributed by atoms with Crippen LogP contribution >= 0.6 is 0 Å². The van der Waals surface area contributed by atoms with Crippen LogP contribution in [0.4, 0.5) is 0 Å². The van der Waals surface area contributed by atoms with Crippen LogP contribution in [0.1, 0.15) is 64.9 Å². The van der Waals surface area contributed by atoms with E-state index in [4.69, 9.17) is 0 Å². The SMILES string of the molecule is CCC[CH2][Ge](/[CH]=C\c1ccccc1)([CH2]CCC)[CH2]CCC. The fraction of sp³-hybridized carbons (Fsp3) is 0.600. The van der Waals surface area contributed by atoms with Crippen LogP contribution in [0.15, 0.2) is 35.2 Å². The molecule has 0 bridgehead atoms. The van der Waals surface area contributed by atoms with Crippen LogP contribution in [0.5, 0.6) is 0 Å². The number of hydrogen-bond acceptors (Lipinski definition) is 0. The Balaban J connectivity index is 2.86. The van der Waals surface area contributed by atoms with Gasteiger partial charge in [-0.1, -0.05) is 0 Å². The van der Waals surface area contributed by atoms with Gasteiger partial charge in [0.25, 0.3) is 0 Å². The van der Waals surface area contributed by atoms with Crippen molar-refractivity contribution < 1.29 is 0 Å². The second kappa shape index (κ2) is 11.1.